The number of methoxy groups -OCH3 is 3. The highest BCUT2D eigenvalue weighted by Crippen LogP contribution is 2.40. The first-order chi connectivity index (χ1) is 26.7. The fourth-order valence-corrected chi connectivity index (χ4v) is 8.04. The highest BCUT2D eigenvalue weighted by Gasteiger charge is 2.44. The molecule has 4 aromatic carbocycles. The number of ether oxygens (including phenoxy) is 3. The Balaban J connectivity index is 1.49. The largest absolute Gasteiger partial charge is 0.497 e. The molecule has 2 atom stereocenters. The summed E-state index contributed by atoms with van der Waals surface area (Å²) >= 11 is 0. The molecule has 0 aromatic heterocycles. The van der Waals surface area contributed by atoms with Crippen molar-refractivity contribution >= 4 is 11.8 Å². The second-order valence-electron chi connectivity index (χ2n) is 15.0. The number of amides is 2. The van der Waals surface area contributed by atoms with Gasteiger partial charge in [0, 0.05) is 25.2 Å². The zero-order chi connectivity index (χ0) is 38.9. The lowest BCUT2D eigenvalue weighted by molar-refractivity contribution is -0.144. The molecule has 2 fully saturated rings. The summed E-state index contributed by atoms with van der Waals surface area (Å²) in [5.74, 6) is -0.413. The van der Waals surface area contributed by atoms with Gasteiger partial charge in [0.2, 0.25) is 11.8 Å². The van der Waals surface area contributed by atoms with Crippen LogP contribution in [0, 0.1) is 5.82 Å². The fourth-order valence-electron chi connectivity index (χ4n) is 8.04. The van der Waals surface area contributed by atoms with E-state index in [1.54, 1.807) is 33.5 Å². The number of nitrogens with zero attached hydrogens (tertiary/aromatic N) is 4. The van der Waals surface area contributed by atoms with Gasteiger partial charge in [-0.15, -0.1) is 0 Å². The van der Waals surface area contributed by atoms with Crippen LogP contribution in [0.25, 0.3) is 0 Å². The predicted molar refractivity (Wildman–Crippen MR) is 213 cm³/mol. The topological polar surface area (TPSA) is 74.8 Å². The monoisotopic (exact) mass is 750 g/mol. The number of piperidine rings is 2. The molecule has 0 radical (unpaired) electrons. The van der Waals surface area contributed by atoms with Gasteiger partial charge in [-0.3, -0.25) is 9.59 Å². The van der Waals surface area contributed by atoms with E-state index in [-0.39, 0.29) is 23.9 Å². The van der Waals surface area contributed by atoms with E-state index in [4.69, 9.17) is 14.2 Å². The second-order valence-corrected chi connectivity index (χ2v) is 15.0. The number of rotatable bonds is 14. The summed E-state index contributed by atoms with van der Waals surface area (Å²) in [5.41, 5.74) is 3.24. The molecule has 10 heteroatoms. The van der Waals surface area contributed by atoms with Crippen molar-refractivity contribution < 1.29 is 28.2 Å². The Hall–Kier alpha value is -4.93. The van der Waals surface area contributed by atoms with Crippen LogP contribution in [0.3, 0.4) is 0 Å². The number of benzene rings is 4. The van der Waals surface area contributed by atoms with Gasteiger partial charge in [-0.25, -0.2) is 4.39 Å². The van der Waals surface area contributed by atoms with E-state index in [1.807, 2.05) is 82.6 Å². The minimum atomic E-state index is -0.941. The molecule has 0 aliphatic carbocycles. The third-order valence-electron chi connectivity index (χ3n) is 11.4. The van der Waals surface area contributed by atoms with E-state index < -0.39 is 17.7 Å². The van der Waals surface area contributed by atoms with Gasteiger partial charge < -0.3 is 33.8 Å². The van der Waals surface area contributed by atoms with Gasteiger partial charge in [0.25, 0.3) is 0 Å². The van der Waals surface area contributed by atoms with E-state index in [0.717, 1.165) is 74.5 Å². The van der Waals surface area contributed by atoms with Crippen molar-refractivity contribution in [3.63, 3.8) is 0 Å². The molecule has 4 aromatic rings. The molecule has 2 amide bonds. The molecule has 0 N–H and O–H groups in total. The summed E-state index contributed by atoms with van der Waals surface area (Å²) in [7, 11) is 9.09. The second kappa shape index (κ2) is 18.6. The molecule has 55 heavy (non-hydrogen) atoms. The van der Waals surface area contributed by atoms with Gasteiger partial charge in [0.1, 0.15) is 23.1 Å². The number of likely N-dealkylation sites (tertiary alicyclic amines) is 2. The number of hydrogen-bond donors (Lipinski definition) is 0. The average molecular weight is 751 g/mol. The maximum atomic E-state index is 15.8. The Morgan fingerprint density at radius 2 is 0.873 bits per heavy atom. The fraction of sp³-hybridized carbons (Fsp3) is 0.422. The van der Waals surface area contributed by atoms with Crippen molar-refractivity contribution in [1.29, 1.82) is 0 Å². The summed E-state index contributed by atoms with van der Waals surface area (Å²) in [6, 6.07) is 29.1. The lowest BCUT2D eigenvalue weighted by Crippen LogP contribution is -2.51. The molecule has 9 nitrogen and oxygen atoms in total. The third-order valence-corrected chi connectivity index (χ3v) is 11.4. The minimum Gasteiger partial charge on any atom is -0.497 e. The number of hydrogen-bond acceptors (Lipinski definition) is 7. The zero-order valence-electron chi connectivity index (χ0n) is 32.8. The van der Waals surface area contributed by atoms with Crippen molar-refractivity contribution in [1.82, 2.24) is 19.6 Å². The first kappa shape index (κ1) is 39.8. The van der Waals surface area contributed by atoms with Crippen molar-refractivity contribution in [3.8, 4) is 17.2 Å². The van der Waals surface area contributed by atoms with Crippen LogP contribution >= 0.6 is 0 Å². The molecule has 6 rings (SSSR count). The SMILES string of the molecule is COc1ccc(CN(C(=O)C(c2ccc(F)cc2)C(C(=O)N(Cc2ccc(OC)cc2)C2CCN(C)CC2)c2ccc(OC)cc2)C2CCN(C)CC2)cc1. The van der Waals surface area contributed by atoms with Crippen LogP contribution in [-0.2, 0) is 22.7 Å². The number of carbonyl (C=O) groups excluding carboxylic acids is 2. The summed E-state index contributed by atoms with van der Waals surface area (Å²) in [6.07, 6.45) is 3.22. The molecule has 2 unspecified atom stereocenters. The molecule has 292 valence electrons. The van der Waals surface area contributed by atoms with Gasteiger partial charge in [-0.1, -0.05) is 48.5 Å². The maximum Gasteiger partial charge on any atom is 0.231 e. The molecule has 2 aliphatic rings. The highest BCUT2D eigenvalue weighted by molar-refractivity contribution is 5.95. The van der Waals surface area contributed by atoms with E-state index in [0.29, 0.717) is 30.0 Å². The van der Waals surface area contributed by atoms with Crippen LogP contribution in [0.4, 0.5) is 4.39 Å². The summed E-state index contributed by atoms with van der Waals surface area (Å²) in [6.45, 7) is 4.16. The van der Waals surface area contributed by atoms with Crippen molar-refractivity contribution in [2.24, 2.45) is 0 Å². The Morgan fingerprint density at radius 3 is 1.20 bits per heavy atom. The van der Waals surface area contributed by atoms with Gasteiger partial charge in [0.05, 0.1) is 33.2 Å². The first-order valence-electron chi connectivity index (χ1n) is 19.3. The Bertz CT molecular complexity index is 1820. The van der Waals surface area contributed by atoms with Crippen molar-refractivity contribution in [2.75, 3.05) is 61.6 Å². The van der Waals surface area contributed by atoms with E-state index in [1.165, 1.54) is 12.1 Å². The van der Waals surface area contributed by atoms with Crippen LogP contribution < -0.4 is 14.2 Å². The Kier molecular flexibility index (Phi) is 13.4. The number of carbonyl (C=O) groups is 2. The van der Waals surface area contributed by atoms with Gasteiger partial charge in [-0.2, -0.15) is 0 Å². The van der Waals surface area contributed by atoms with Crippen LogP contribution in [0.2, 0.25) is 0 Å². The summed E-state index contributed by atoms with van der Waals surface area (Å²) in [5, 5.41) is 0. The third kappa shape index (κ3) is 9.85. The van der Waals surface area contributed by atoms with Gasteiger partial charge >= 0.3 is 0 Å². The maximum absolute atomic E-state index is 15.8. The molecular weight excluding hydrogens is 696 g/mol. The molecular formula is C45H55FN4O5. The van der Waals surface area contributed by atoms with Gasteiger partial charge in [-0.05, 0) is 137 Å². The van der Waals surface area contributed by atoms with Crippen molar-refractivity contribution in [2.45, 2.75) is 62.7 Å². The molecule has 0 saturated carbocycles. The van der Waals surface area contributed by atoms with Crippen LogP contribution in [0.1, 0.15) is 59.8 Å². The Labute approximate surface area is 325 Å². The first-order valence-corrected chi connectivity index (χ1v) is 19.3. The van der Waals surface area contributed by atoms with Crippen molar-refractivity contribution in [3.05, 3.63) is 125 Å². The molecule has 2 heterocycles. The lowest BCUT2D eigenvalue weighted by atomic mass is 9.78. The van der Waals surface area contributed by atoms with E-state index >= 15 is 9.59 Å². The van der Waals surface area contributed by atoms with Gasteiger partial charge in [0.15, 0.2) is 0 Å². The van der Waals surface area contributed by atoms with E-state index in [9.17, 15) is 4.39 Å². The smallest absolute Gasteiger partial charge is 0.231 e. The quantitative estimate of drug-likeness (QED) is 0.138. The van der Waals surface area contributed by atoms with E-state index in [2.05, 4.69) is 23.9 Å². The van der Waals surface area contributed by atoms with Crippen LogP contribution in [0.5, 0.6) is 17.2 Å². The summed E-state index contributed by atoms with van der Waals surface area (Å²) < 4.78 is 31.0. The average Bonchev–Trinajstić information content (AvgIpc) is 3.22. The molecule has 0 bridgehead atoms. The molecule has 2 aliphatic heterocycles. The Morgan fingerprint density at radius 1 is 0.564 bits per heavy atom. The molecule has 0 spiro atoms. The highest BCUT2D eigenvalue weighted by atomic mass is 19.1. The van der Waals surface area contributed by atoms with Crippen LogP contribution in [-0.4, -0.2) is 105 Å². The predicted octanol–water partition coefficient (Wildman–Crippen LogP) is 6.96. The normalized spacial score (nSPS) is 16.9. The zero-order valence-corrected chi connectivity index (χ0v) is 32.8. The molecule has 2 saturated heterocycles. The lowest BCUT2D eigenvalue weighted by Gasteiger charge is -2.43. The summed E-state index contributed by atoms with van der Waals surface area (Å²) in [4.78, 5) is 40.0. The van der Waals surface area contributed by atoms with Crippen LogP contribution in [0.15, 0.2) is 97.1 Å². The minimum absolute atomic E-state index is 0.0418. The number of halogens is 1. The standard InChI is InChI=1S/C45H55FN4O5/c1-47-26-22-37(23-27-47)49(30-32-6-16-39(53-3)17-7-32)44(51)42(34-10-14-36(46)15-11-34)43(35-12-20-41(55-5)21-13-35)45(52)50(38-24-28-48(2)29-25-38)31-33-8-18-40(54-4)19-9-33/h6-21,37-38,42-43H,22-31H2,1-5H3.